The molecule has 100 valence electrons. The molecule has 1 aromatic carbocycles. The SMILES string of the molecule is Cc1ccc(C(C)N)c(OCCc2cccnc2)c1. The number of rotatable bonds is 5. The van der Waals surface area contributed by atoms with Crippen molar-refractivity contribution >= 4 is 0 Å². The van der Waals surface area contributed by atoms with Gasteiger partial charge in [-0.25, -0.2) is 0 Å². The van der Waals surface area contributed by atoms with Crippen LogP contribution in [-0.4, -0.2) is 11.6 Å². The lowest BCUT2D eigenvalue weighted by Gasteiger charge is -2.14. The third-order valence-corrected chi connectivity index (χ3v) is 3.03. The topological polar surface area (TPSA) is 48.1 Å². The Morgan fingerprint density at radius 2 is 2.16 bits per heavy atom. The molecule has 1 atom stereocenters. The molecule has 0 saturated heterocycles. The molecular formula is C16H20N2O. The summed E-state index contributed by atoms with van der Waals surface area (Å²) in [6, 6.07) is 10.1. The summed E-state index contributed by atoms with van der Waals surface area (Å²) < 4.78 is 5.88. The maximum atomic E-state index is 5.96. The monoisotopic (exact) mass is 256 g/mol. The van der Waals surface area contributed by atoms with Gasteiger partial charge in [-0.15, -0.1) is 0 Å². The molecule has 2 aromatic rings. The molecule has 0 aliphatic rings. The molecule has 0 radical (unpaired) electrons. The number of ether oxygens (including phenoxy) is 1. The lowest BCUT2D eigenvalue weighted by molar-refractivity contribution is 0.316. The van der Waals surface area contributed by atoms with Gasteiger partial charge in [0.15, 0.2) is 0 Å². The molecule has 1 unspecified atom stereocenters. The third kappa shape index (κ3) is 3.80. The molecular weight excluding hydrogens is 236 g/mol. The summed E-state index contributed by atoms with van der Waals surface area (Å²) in [6.45, 7) is 4.66. The smallest absolute Gasteiger partial charge is 0.124 e. The van der Waals surface area contributed by atoms with Crippen LogP contribution in [0.25, 0.3) is 0 Å². The summed E-state index contributed by atoms with van der Waals surface area (Å²) in [7, 11) is 0. The maximum Gasteiger partial charge on any atom is 0.124 e. The Morgan fingerprint density at radius 1 is 1.32 bits per heavy atom. The maximum absolute atomic E-state index is 5.96. The van der Waals surface area contributed by atoms with E-state index >= 15 is 0 Å². The molecule has 0 fully saturated rings. The number of aromatic nitrogens is 1. The highest BCUT2D eigenvalue weighted by Gasteiger charge is 2.08. The average molecular weight is 256 g/mol. The van der Waals surface area contributed by atoms with Gasteiger partial charge < -0.3 is 10.5 Å². The van der Waals surface area contributed by atoms with Crippen LogP contribution in [0.15, 0.2) is 42.7 Å². The van der Waals surface area contributed by atoms with E-state index in [1.807, 2.05) is 31.3 Å². The van der Waals surface area contributed by atoms with Gasteiger partial charge in [-0.3, -0.25) is 4.98 Å². The number of nitrogens with two attached hydrogens (primary N) is 1. The minimum Gasteiger partial charge on any atom is -0.493 e. The molecule has 0 saturated carbocycles. The first kappa shape index (κ1) is 13.6. The first-order valence-electron chi connectivity index (χ1n) is 6.54. The summed E-state index contributed by atoms with van der Waals surface area (Å²) >= 11 is 0. The van der Waals surface area contributed by atoms with Gasteiger partial charge in [-0.2, -0.15) is 0 Å². The highest BCUT2D eigenvalue weighted by Crippen LogP contribution is 2.25. The Morgan fingerprint density at radius 3 is 2.84 bits per heavy atom. The zero-order valence-electron chi connectivity index (χ0n) is 11.5. The molecule has 1 aromatic heterocycles. The van der Waals surface area contributed by atoms with E-state index < -0.39 is 0 Å². The van der Waals surface area contributed by atoms with Gasteiger partial charge in [-0.1, -0.05) is 18.2 Å². The number of pyridine rings is 1. The standard InChI is InChI=1S/C16H20N2O/c1-12-5-6-15(13(2)17)16(10-12)19-9-7-14-4-3-8-18-11-14/h3-6,8,10-11,13H,7,9,17H2,1-2H3. The highest BCUT2D eigenvalue weighted by atomic mass is 16.5. The number of hydrogen-bond acceptors (Lipinski definition) is 3. The highest BCUT2D eigenvalue weighted by molar-refractivity contribution is 5.38. The number of benzene rings is 1. The molecule has 3 nitrogen and oxygen atoms in total. The number of nitrogens with zero attached hydrogens (tertiary/aromatic N) is 1. The first-order valence-corrected chi connectivity index (χ1v) is 6.54. The van der Waals surface area contributed by atoms with Crippen LogP contribution < -0.4 is 10.5 Å². The zero-order valence-corrected chi connectivity index (χ0v) is 11.5. The van der Waals surface area contributed by atoms with E-state index in [2.05, 4.69) is 24.0 Å². The molecule has 0 bridgehead atoms. The van der Waals surface area contributed by atoms with Crippen molar-refractivity contribution in [1.29, 1.82) is 0 Å². The number of aryl methyl sites for hydroxylation is 1. The van der Waals surface area contributed by atoms with Crippen LogP contribution in [0.3, 0.4) is 0 Å². The van der Waals surface area contributed by atoms with Crippen molar-refractivity contribution in [1.82, 2.24) is 4.98 Å². The molecule has 0 amide bonds. The van der Waals surface area contributed by atoms with E-state index in [9.17, 15) is 0 Å². The average Bonchev–Trinajstić information content (AvgIpc) is 2.39. The molecule has 2 N–H and O–H groups in total. The van der Waals surface area contributed by atoms with Crippen molar-refractivity contribution in [3.63, 3.8) is 0 Å². The van der Waals surface area contributed by atoms with Crippen molar-refractivity contribution in [3.05, 3.63) is 59.4 Å². The van der Waals surface area contributed by atoms with Crippen LogP contribution in [-0.2, 0) is 6.42 Å². The van der Waals surface area contributed by atoms with Crippen molar-refractivity contribution in [2.24, 2.45) is 5.73 Å². The van der Waals surface area contributed by atoms with E-state index in [0.717, 1.165) is 17.7 Å². The van der Waals surface area contributed by atoms with E-state index in [1.54, 1.807) is 6.20 Å². The minimum absolute atomic E-state index is 0.0195. The largest absolute Gasteiger partial charge is 0.493 e. The van der Waals surface area contributed by atoms with E-state index in [1.165, 1.54) is 11.1 Å². The fourth-order valence-corrected chi connectivity index (χ4v) is 1.97. The van der Waals surface area contributed by atoms with Crippen LogP contribution in [0.1, 0.15) is 29.7 Å². The van der Waals surface area contributed by atoms with E-state index in [-0.39, 0.29) is 6.04 Å². The van der Waals surface area contributed by atoms with Gasteiger partial charge in [0.1, 0.15) is 5.75 Å². The summed E-state index contributed by atoms with van der Waals surface area (Å²) in [5.74, 6) is 0.888. The normalized spacial score (nSPS) is 12.2. The second-order valence-corrected chi connectivity index (χ2v) is 4.79. The molecule has 0 spiro atoms. The minimum atomic E-state index is -0.0195. The zero-order chi connectivity index (χ0) is 13.7. The first-order chi connectivity index (χ1) is 9.16. The molecule has 2 rings (SSSR count). The quantitative estimate of drug-likeness (QED) is 0.894. The van der Waals surface area contributed by atoms with Crippen LogP contribution in [0.5, 0.6) is 5.75 Å². The summed E-state index contributed by atoms with van der Waals surface area (Å²) in [5.41, 5.74) is 9.37. The molecule has 19 heavy (non-hydrogen) atoms. The molecule has 3 heteroatoms. The van der Waals surface area contributed by atoms with Gasteiger partial charge >= 0.3 is 0 Å². The van der Waals surface area contributed by atoms with Gasteiger partial charge in [-0.05, 0) is 37.1 Å². The van der Waals surface area contributed by atoms with Crippen LogP contribution in [0.4, 0.5) is 0 Å². The third-order valence-electron chi connectivity index (χ3n) is 3.03. The Balaban J connectivity index is 2.01. The Labute approximate surface area is 114 Å². The van der Waals surface area contributed by atoms with Gasteiger partial charge in [0, 0.05) is 30.4 Å². The second-order valence-electron chi connectivity index (χ2n) is 4.79. The fraction of sp³-hybridized carbons (Fsp3) is 0.312. The van der Waals surface area contributed by atoms with E-state index in [0.29, 0.717) is 6.61 Å². The predicted molar refractivity (Wildman–Crippen MR) is 77.2 cm³/mol. The second kappa shape index (κ2) is 6.34. The summed E-state index contributed by atoms with van der Waals surface area (Å²) in [5, 5.41) is 0. The van der Waals surface area contributed by atoms with Gasteiger partial charge in [0.25, 0.3) is 0 Å². The summed E-state index contributed by atoms with van der Waals surface area (Å²) in [4.78, 5) is 4.09. The molecule has 0 aliphatic heterocycles. The van der Waals surface area contributed by atoms with Crippen LogP contribution in [0, 0.1) is 6.92 Å². The Kier molecular flexibility index (Phi) is 4.53. The number of hydrogen-bond donors (Lipinski definition) is 1. The predicted octanol–water partition coefficient (Wildman–Crippen LogP) is 3.03. The Hall–Kier alpha value is -1.87. The van der Waals surface area contributed by atoms with Crippen molar-refractivity contribution in [2.45, 2.75) is 26.3 Å². The fourth-order valence-electron chi connectivity index (χ4n) is 1.97. The van der Waals surface area contributed by atoms with Crippen molar-refractivity contribution < 1.29 is 4.74 Å². The van der Waals surface area contributed by atoms with Gasteiger partial charge in [0.2, 0.25) is 0 Å². The Bertz CT molecular complexity index is 524. The molecule has 1 heterocycles. The van der Waals surface area contributed by atoms with E-state index in [4.69, 9.17) is 10.5 Å². The van der Waals surface area contributed by atoms with Crippen LogP contribution in [0.2, 0.25) is 0 Å². The van der Waals surface area contributed by atoms with Crippen molar-refractivity contribution in [2.75, 3.05) is 6.61 Å². The summed E-state index contributed by atoms with van der Waals surface area (Å²) in [6.07, 6.45) is 4.49. The lowest BCUT2D eigenvalue weighted by atomic mass is 10.1. The molecule has 0 aliphatic carbocycles. The van der Waals surface area contributed by atoms with Gasteiger partial charge in [0.05, 0.1) is 6.61 Å². The van der Waals surface area contributed by atoms with Crippen molar-refractivity contribution in [3.8, 4) is 5.75 Å². The van der Waals surface area contributed by atoms with Crippen LogP contribution >= 0.6 is 0 Å². The lowest BCUT2D eigenvalue weighted by Crippen LogP contribution is -2.10.